The van der Waals surface area contributed by atoms with Gasteiger partial charge in [-0.15, -0.1) is 0 Å². The van der Waals surface area contributed by atoms with E-state index in [4.69, 9.17) is 18.9 Å². The minimum absolute atomic E-state index is 0.0582. The topological polar surface area (TPSA) is 101 Å². The number of hydrogen-bond donors (Lipinski definition) is 3. The third kappa shape index (κ3) is 1.68. The number of rotatable bonds is 3. The lowest BCUT2D eigenvalue weighted by Crippen LogP contribution is -2.85. The van der Waals surface area contributed by atoms with E-state index in [1.807, 2.05) is 0 Å². The van der Waals surface area contributed by atoms with Crippen LogP contribution in [0.4, 0.5) is 0 Å². The molecule has 0 amide bonds. The lowest BCUT2D eigenvalue weighted by Gasteiger charge is -2.71. The molecule has 32 heavy (non-hydrogen) atoms. The Labute approximate surface area is 189 Å². The number of aliphatic hydroxyl groups excluding tert-OH is 2. The smallest absolute Gasteiger partial charge is 0.148 e. The van der Waals surface area contributed by atoms with E-state index in [0.29, 0.717) is 12.8 Å². The highest BCUT2D eigenvalue weighted by atomic mass is 16.7. The van der Waals surface area contributed by atoms with Crippen LogP contribution in [0.5, 0.6) is 0 Å². The van der Waals surface area contributed by atoms with Gasteiger partial charge in [0.15, 0.2) is 0 Å². The predicted molar refractivity (Wildman–Crippen MR) is 112 cm³/mol. The zero-order chi connectivity index (χ0) is 22.5. The fourth-order valence-corrected chi connectivity index (χ4v) is 11.2. The van der Waals surface area contributed by atoms with E-state index in [-0.39, 0.29) is 42.3 Å². The summed E-state index contributed by atoms with van der Waals surface area (Å²) in [6.45, 7) is 6.13. The molecule has 1 unspecified atom stereocenters. The fraction of sp³-hybridized carbons (Fsp3) is 1.00. The van der Waals surface area contributed by atoms with Gasteiger partial charge in [0.05, 0.1) is 41.5 Å². The van der Waals surface area contributed by atoms with Crippen LogP contribution in [0.3, 0.4) is 0 Å². The second-order valence-corrected chi connectivity index (χ2v) is 12.1. The van der Waals surface area contributed by atoms with Crippen LogP contribution in [-0.2, 0) is 18.9 Å². The van der Waals surface area contributed by atoms with Crippen molar-refractivity contribution in [2.75, 3.05) is 34.1 Å². The first kappa shape index (κ1) is 21.0. The lowest BCUT2D eigenvalue weighted by atomic mass is 9.41. The van der Waals surface area contributed by atoms with Crippen LogP contribution in [-0.4, -0.2) is 102 Å². The van der Waals surface area contributed by atoms with Crippen LogP contribution < -0.4 is 0 Å². The molecule has 7 rings (SSSR count). The maximum atomic E-state index is 13.0. The minimum atomic E-state index is -1.25. The van der Waals surface area contributed by atoms with Gasteiger partial charge < -0.3 is 34.3 Å². The Hall–Kier alpha value is -0.320. The average molecular weight is 452 g/mol. The van der Waals surface area contributed by atoms with Crippen molar-refractivity contribution in [1.82, 2.24) is 4.90 Å². The zero-order valence-corrected chi connectivity index (χ0v) is 19.5. The zero-order valence-electron chi connectivity index (χ0n) is 19.5. The quantitative estimate of drug-likeness (QED) is 0.557. The maximum Gasteiger partial charge on any atom is 0.148 e. The number of hydrogen-bond acceptors (Lipinski definition) is 8. The highest BCUT2D eigenvalue weighted by Crippen LogP contribution is 2.83. The van der Waals surface area contributed by atoms with Gasteiger partial charge in [-0.25, -0.2) is 0 Å². The Morgan fingerprint density at radius 1 is 1.09 bits per heavy atom. The van der Waals surface area contributed by atoms with Crippen LogP contribution >= 0.6 is 0 Å². The molecule has 2 saturated heterocycles. The first-order valence-corrected chi connectivity index (χ1v) is 12.4. The van der Waals surface area contributed by atoms with E-state index in [2.05, 4.69) is 18.7 Å². The van der Waals surface area contributed by atoms with E-state index < -0.39 is 40.3 Å². The molecule has 3 spiro atoms. The van der Waals surface area contributed by atoms with E-state index in [1.165, 1.54) is 0 Å². The lowest BCUT2D eigenvalue weighted by molar-refractivity contribution is -0.331. The Bertz CT molecular complexity index is 858. The number of likely N-dealkylation sites (tertiary alicyclic amines) is 1. The van der Waals surface area contributed by atoms with E-state index in [1.54, 1.807) is 14.2 Å². The predicted octanol–water partition coefficient (Wildman–Crippen LogP) is 0.125. The Balaban J connectivity index is 1.60. The molecule has 0 aromatic rings. The average Bonchev–Trinajstić information content (AvgIpc) is 3.29. The monoisotopic (exact) mass is 451 g/mol. The van der Waals surface area contributed by atoms with Crippen molar-refractivity contribution in [3.05, 3.63) is 0 Å². The summed E-state index contributed by atoms with van der Waals surface area (Å²) in [7, 11) is 3.40. The molecule has 2 heterocycles. The molecule has 0 aromatic carbocycles. The molecule has 7 fully saturated rings. The SMILES string of the molecule is CCN1C[C@]2(C)CC[C@H](OC)[C@@]34C1[C@]1(OCO[C@@]15C[C@H](OC)[C@H]1C[C@]3(O)[C@@H]5[C@H]1O)[C@@H](O)[C@H]24. The molecule has 7 bridgehead atoms. The van der Waals surface area contributed by atoms with Gasteiger partial charge in [0, 0.05) is 44.9 Å². The molecular weight excluding hydrogens is 414 g/mol. The summed E-state index contributed by atoms with van der Waals surface area (Å²) in [6.07, 6.45) is 0.630. The third-order valence-electron chi connectivity index (χ3n) is 11.7. The van der Waals surface area contributed by atoms with Gasteiger partial charge in [-0.05, 0) is 31.2 Å². The van der Waals surface area contributed by atoms with Crippen molar-refractivity contribution in [3.8, 4) is 0 Å². The summed E-state index contributed by atoms with van der Waals surface area (Å²) in [6, 6.07) is -0.247. The Kier molecular flexibility index (Phi) is 3.87. The van der Waals surface area contributed by atoms with Crippen LogP contribution in [0.2, 0.25) is 0 Å². The van der Waals surface area contributed by atoms with Gasteiger partial charge in [-0.2, -0.15) is 0 Å². The first-order chi connectivity index (χ1) is 15.2. The molecule has 0 radical (unpaired) electrons. The van der Waals surface area contributed by atoms with Gasteiger partial charge in [-0.1, -0.05) is 13.8 Å². The molecule has 5 saturated carbocycles. The molecule has 8 heteroatoms. The number of methoxy groups -OCH3 is 2. The normalized spacial score (nSPS) is 66.5. The van der Waals surface area contributed by atoms with Crippen LogP contribution in [0.25, 0.3) is 0 Å². The third-order valence-corrected chi connectivity index (χ3v) is 11.7. The summed E-state index contributed by atoms with van der Waals surface area (Å²) in [5, 5.41) is 37.0. The van der Waals surface area contributed by atoms with Crippen molar-refractivity contribution in [2.45, 2.75) is 86.8 Å². The van der Waals surface area contributed by atoms with Gasteiger partial charge in [-0.3, -0.25) is 4.90 Å². The Morgan fingerprint density at radius 3 is 2.56 bits per heavy atom. The highest BCUT2D eigenvalue weighted by molar-refractivity contribution is 5.46. The summed E-state index contributed by atoms with van der Waals surface area (Å²) < 4.78 is 25.2. The number of likely N-dealkylation sites (N-methyl/N-ethyl adjacent to an activating group) is 1. The fourth-order valence-electron chi connectivity index (χ4n) is 11.2. The number of aliphatic hydroxyl groups is 3. The number of fused-ring (bicyclic) bond motifs is 1. The summed E-state index contributed by atoms with van der Waals surface area (Å²) in [5.74, 6) is -0.904. The number of nitrogens with zero attached hydrogens (tertiary/aromatic N) is 1. The summed E-state index contributed by atoms with van der Waals surface area (Å²) in [4.78, 5) is 2.43. The van der Waals surface area contributed by atoms with Crippen LogP contribution in [0.15, 0.2) is 0 Å². The second kappa shape index (κ2) is 5.90. The number of ether oxygens (including phenoxy) is 4. The van der Waals surface area contributed by atoms with E-state index in [0.717, 1.165) is 25.9 Å². The first-order valence-electron chi connectivity index (χ1n) is 12.4. The standard InChI is InChI=1S/C24H37NO7/c1-5-25-10-20(2)7-6-14(30-4)23-17(20)18(27)24(19(23)25)22(31-11-32-24)9-13(29-3)12-8-21(23,28)16(22)15(12)26/h12-19,26-28H,5-11H2,1-4H3/t12-,13+,14+,15+,16+,17-,18+,19?,20+,21+,22-,23-,24-/m1/s1. The van der Waals surface area contributed by atoms with Crippen LogP contribution in [0, 0.1) is 28.6 Å². The van der Waals surface area contributed by atoms with E-state index in [9.17, 15) is 15.3 Å². The summed E-state index contributed by atoms with van der Waals surface area (Å²) >= 11 is 0. The molecular formula is C24H37NO7. The van der Waals surface area contributed by atoms with Crippen molar-refractivity contribution in [3.63, 3.8) is 0 Å². The molecule has 5 aliphatic carbocycles. The van der Waals surface area contributed by atoms with Crippen LogP contribution in [0.1, 0.15) is 39.5 Å². The molecule has 0 aromatic heterocycles. The highest BCUT2D eigenvalue weighted by Gasteiger charge is 2.96. The molecule has 2 aliphatic heterocycles. The van der Waals surface area contributed by atoms with Crippen molar-refractivity contribution in [1.29, 1.82) is 0 Å². The molecule has 180 valence electrons. The van der Waals surface area contributed by atoms with Gasteiger partial charge in [0.1, 0.15) is 18.0 Å². The number of piperidine rings is 1. The molecule has 7 aliphatic rings. The van der Waals surface area contributed by atoms with E-state index >= 15 is 0 Å². The maximum absolute atomic E-state index is 13.0. The second-order valence-electron chi connectivity index (χ2n) is 12.1. The van der Waals surface area contributed by atoms with Gasteiger partial charge in [0.25, 0.3) is 0 Å². The van der Waals surface area contributed by atoms with Crippen molar-refractivity contribution < 1.29 is 34.3 Å². The molecule has 8 nitrogen and oxygen atoms in total. The summed E-state index contributed by atoms with van der Waals surface area (Å²) in [5.41, 5.74) is -4.21. The molecule has 3 N–H and O–H groups in total. The van der Waals surface area contributed by atoms with Crippen molar-refractivity contribution >= 4 is 0 Å². The van der Waals surface area contributed by atoms with Gasteiger partial charge >= 0.3 is 0 Å². The Morgan fingerprint density at radius 2 is 1.88 bits per heavy atom. The largest absolute Gasteiger partial charge is 0.392 e. The minimum Gasteiger partial charge on any atom is -0.392 e. The van der Waals surface area contributed by atoms with Crippen molar-refractivity contribution in [2.24, 2.45) is 28.6 Å². The molecule has 13 atom stereocenters. The van der Waals surface area contributed by atoms with Gasteiger partial charge in [0.2, 0.25) is 0 Å².